The summed E-state index contributed by atoms with van der Waals surface area (Å²) < 4.78 is 5.37. The Hall–Kier alpha value is -2.86. The number of morpholine rings is 1. The van der Waals surface area contributed by atoms with Crippen molar-refractivity contribution < 1.29 is 14.3 Å². The summed E-state index contributed by atoms with van der Waals surface area (Å²) in [7, 11) is 0. The van der Waals surface area contributed by atoms with Crippen molar-refractivity contribution in [2.45, 2.75) is 20.3 Å². The summed E-state index contributed by atoms with van der Waals surface area (Å²) in [5, 5.41) is 5.33. The van der Waals surface area contributed by atoms with Crippen molar-refractivity contribution in [3.05, 3.63) is 59.2 Å². The van der Waals surface area contributed by atoms with Crippen LogP contribution in [0.15, 0.2) is 42.5 Å². The molecule has 0 bridgehead atoms. The zero-order chi connectivity index (χ0) is 19.9. The van der Waals surface area contributed by atoms with E-state index in [0.717, 1.165) is 43.0 Å². The van der Waals surface area contributed by atoms with E-state index in [0.29, 0.717) is 18.7 Å². The predicted molar refractivity (Wildman–Crippen MR) is 111 cm³/mol. The number of nitrogens with zero attached hydrogens (tertiary/aromatic N) is 1. The molecule has 2 aromatic carbocycles. The van der Waals surface area contributed by atoms with Gasteiger partial charge in [-0.05, 0) is 61.2 Å². The van der Waals surface area contributed by atoms with E-state index in [4.69, 9.17) is 4.74 Å². The molecule has 2 N–H and O–H groups in total. The molecule has 6 heteroatoms. The molecule has 0 aromatic heterocycles. The van der Waals surface area contributed by atoms with E-state index in [1.54, 1.807) is 0 Å². The molecular formula is C22H27N3O3. The van der Waals surface area contributed by atoms with Crippen LogP contribution < -0.4 is 15.5 Å². The largest absolute Gasteiger partial charge is 0.378 e. The number of carbonyl (C=O) groups is 2. The van der Waals surface area contributed by atoms with Gasteiger partial charge < -0.3 is 20.3 Å². The average molecular weight is 381 g/mol. The maximum absolute atomic E-state index is 12.1. The first-order valence-corrected chi connectivity index (χ1v) is 9.60. The maximum Gasteiger partial charge on any atom is 0.313 e. The topological polar surface area (TPSA) is 70.7 Å². The minimum atomic E-state index is -0.646. The quantitative estimate of drug-likeness (QED) is 0.781. The molecule has 28 heavy (non-hydrogen) atoms. The smallest absolute Gasteiger partial charge is 0.313 e. The van der Waals surface area contributed by atoms with Crippen LogP contribution in [0.2, 0.25) is 0 Å². The van der Waals surface area contributed by atoms with Gasteiger partial charge in [-0.15, -0.1) is 0 Å². The van der Waals surface area contributed by atoms with Crippen molar-refractivity contribution in [2.75, 3.05) is 43.1 Å². The van der Waals surface area contributed by atoms with E-state index in [2.05, 4.69) is 39.8 Å². The molecule has 0 spiro atoms. The van der Waals surface area contributed by atoms with Crippen LogP contribution in [0.3, 0.4) is 0 Å². The SMILES string of the molecule is Cc1cc(C)cc(NC(=O)C(=O)NCCc2ccc(N3CCOCC3)cc2)c1. The molecular weight excluding hydrogens is 354 g/mol. The van der Waals surface area contributed by atoms with Crippen LogP contribution in [0.25, 0.3) is 0 Å². The molecule has 3 rings (SSSR count). The number of aryl methyl sites for hydroxylation is 2. The van der Waals surface area contributed by atoms with Gasteiger partial charge in [0, 0.05) is 31.0 Å². The number of carbonyl (C=O) groups excluding carboxylic acids is 2. The highest BCUT2D eigenvalue weighted by atomic mass is 16.5. The van der Waals surface area contributed by atoms with Crippen molar-refractivity contribution in [1.82, 2.24) is 5.32 Å². The fraction of sp³-hybridized carbons (Fsp3) is 0.364. The molecule has 1 aliphatic rings. The minimum Gasteiger partial charge on any atom is -0.378 e. The van der Waals surface area contributed by atoms with Crippen LogP contribution in [0.4, 0.5) is 11.4 Å². The van der Waals surface area contributed by atoms with E-state index in [9.17, 15) is 9.59 Å². The number of hydrogen-bond acceptors (Lipinski definition) is 4. The zero-order valence-electron chi connectivity index (χ0n) is 16.5. The minimum absolute atomic E-state index is 0.413. The van der Waals surface area contributed by atoms with E-state index >= 15 is 0 Å². The predicted octanol–water partition coefficient (Wildman–Crippen LogP) is 2.44. The molecule has 0 unspecified atom stereocenters. The third kappa shape index (κ3) is 5.57. The van der Waals surface area contributed by atoms with Gasteiger partial charge in [-0.2, -0.15) is 0 Å². The Bertz CT molecular complexity index is 807. The van der Waals surface area contributed by atoms with Crippen molar-refractivity contribution in [3.8, 4) is 0 Å². The van der Waals surface area contributed by atoms with Crippen LogP contribution in [0.5, 0.6) is 0 Å². The van der Waals surface area contributed by atoms with Gasteiger partial charge in [0.1, 0.15) is 0 Å². The molecule has 0 radical (unpaired) electrons. The molecule has 0 aliphatic carbocycles. The second-order valence-electron chi connectivity index (χ2n) is 7.10. The molecule has 148 valence electrons. The van der Waals surface area contributed by atoms with Crippen LogP contribution in [-0.2, 0) is 20.7 Å². The van der Waals surface area contributed by atoms with Gasteiger partial charge in [0.05, 0.1) is 13.2 Å². The normalized spacial score (nSPS) is 13.9. The summed E-state index contributed by atoms with van der Waals surface area (Å²) in [6.45, 7) is 7.65. The van der Waals surface area contributed by atoms with Crippen molar-refractivity contribution in [3.63, 3.8) is 0 Å². The summed E-state index contributed by atoms with van der Waals surface area (Å²) in [4.78, 5) is 26.4. The standard InChI is InChI=1S/C22H27N3O3/c1-16-13-17(2)15-19(14-16)24-22(27)21(26)23-8-7-18-3-5-20(6-4-18)25-9-11-28-12-10-25/h3-6,13-15H,7-12H2,1-2H3,(H,23,26)(H,24,27). The fourth-order valence-corrected chi connectivity index (χ4v) is 3.33. The summed E-state index contributed by atoms with van der Waals surface area (Å²) in [5.74, 6) is -1.27. The number of amides is 2. The van der Waals surface area contributed by atoms with Gasteiger partial charge in [0.15, 0.2) is 0 Å². The van der Waals surface area contributed by atoms with Crippen LogP contribution >= 0.6 is 0 Å². The van der Waals surface area contributed by atoms with Gasteiger partial charge >= 0.3 is 11.8 Å². The Labute approximate surface area is 165 Å². The molecule has 1 saturated heterocycles. The highest BCUT2D eigenvalue weighted by molar-refractivity contribution is 6.39. The number of hydrogen-bond donors (Lipinski definition) is 2. The van der Waals surface area contributed by atoms with Crippen molar-refractivity contribution in [2.24, 2.45) is 0 Å². The van der Waals surface area contributed by atoms with E-state index in [1.165, 1.54) is 5.69 Å². The molecule has 1 heterocycles. The molecule has 6 nitrogen and oxygen atoms in total. The van der Waals surface area contributed by atoms with Crippen molar-refractivity contribution in [1.29, 1.82) is 0 Å². The van der Waals surface area contributed by atoms with Crippen molar-refractivity contribution >= 4 is 23.2 Å². The van der Waals surface area contributed by atoms with E-state index in [1.807, 2.05) is 32.0 Å². The van der Waals surface area contributed by atoms with E-state index < -0.39 is 11.8 Å². The van der Waals surface area contributed by atoms with Gasteiger partial charge in [0.25, 0.3) is 0 Å². The second kappa shape index (κ2) is 9.37. The van der Waals surface area contributed by atoms with Crippen LogP contribution in [0, 0.1) is 13.8 Å². The van der Waals surface area contributed by atoms with E-state index in [-0.39, 0.29) is 0 Å². The Balaban J connectivity index is 1.44. The summed E-state index contributed by atoms with van der Waals surface area (Å²) in [6.07, 6.45) is 0.673. The number of anilines is 2. The summed E-state index contributed by atoms with van der Waals surface area (Å²) in [6, 6.07) is 14.0. The third-order valence-electron chi connectivity index (χ3n) is 4.70. The monoisotopic (exact) mass is 381 g/mol. The number of rotatable bonds is 5. The molecule has 2 amide bonds. The molecule has 1 fully saturated rings. The summed E-state index contributed by atoms with van der Waals surface area (Å²) >= 11 is 0. The number of nitrogens with one attached hydrogen (secondary N) is 2. The molecule has 2 aromatic rings. The molecule has 1 aliphatic heterocycles. The van der Waals surface area contributed by atoms with Crippen LogP contribution in [0.1, 0.15) is 16.7 Å². The van der Waals surface area contributed by atoms with Gasteiger partial charge in [-0.25, -0.2) is 0 Å². The van der Waals surface area contributed by atoms with Gasteiger partial charge in [-0.1, -0.05) is 18.2 Å². The van der Waals surface area contributed by atoms with Crippen LogP contribution in [-0.4, -0.2) is 44.7 Å². The Morgan fingerprint density at radius 3 is 2.25 bits per heavy atom. The molecule has 0 atom stereocenters. The summed E-state index contributed by atoms with van der Waals surface area (Å²) in [5.41, 5.74) is 5.01. The lowest BCUT2D eigenvalue weighted by atomic mass is 10.1. The first kappa shape index (κ1) is 19.9. The first-order chi connectivity index (χ1) is 13.5. The Kier molecular flexibility index (Phi) is 6.66. The lowest BCUT2D eigenvalue weighted by Gasteiger charge is -2.28. The highest BCUT2D eigenvalue weighted by Gasteiger charge is 2.14. The van der Waals surface area contributed by atoms with Gasteiger partial charge in [-0.3, -0.25) is 9.59 Å². The Morgan fingerprint density at radius 2 is 1.61 bits per heavy atom. The zero-order valence-corrected chi connectivity index (χ0v) is 16.5. The average Bonchev–Trinajstić information content (AvgIpc) is 2.68. The number of ether oxygens (including phenoxy) is 1. The first-order valence-electron chi connectivity index (χ1n) is 9.60. The lowest BCUT2D eigenvalue weighted by molar-refractivity contribution is -0.136. The third-order valence-corrected chi connectivity index (χ3v) is 4.70. The highest BCUT2D eigenvalue weighted by Crippen LogP contribution is 2.17. The van der Waals surface area contributed by atoms with Gasteiger partial charge in [0.2, 0.25) is 0 Å². The molecule has 0 saturated carbocycles. The second-order valence-corrected chi connectivity index (χ2v) is 7.10. The lowest BCUT2D eigenvalue weighted by Crippen LogP contribution is -2.36. The number of benzene rings is 2. The Morgan fingerprint density at radius 1 is 0.964 bits per heavy atom. The maximum atomic E-state index is 12.1. The fourth-order valence-electron chi connectivity index (χ4n) is 3.33.